The van der Waals surface area contributed by atoms with E-state index in [1.54, 1.807) is 0 Å². The van der Waals surface area contributed by atoms with Crippen molar-refractivity contribution in [2.24, 2.45) is 0 Å². The molecule has 5 nitrogen and oxygen atoms in total. The number of aromatic nitrogens is 3. The average molecular weight is 279 g/mol. The van der Waals surface area contributed by atoms with Crippen LogP contribution in [0.15, 0.2) is 0 Å². The zero-order valence-corrected chi connectivity index (χ0v) is 13.4. The van der Waals surface area contributed by atoms with Crippen molar-refractivity contribution < 1.29 is 0 Å². The van der Waals surface area contributed by atoms with Gasteiger partial charge in [0.25, 0.3) is 0 Å². The summed E-state index contributed by atoms with van der Waals surface area (Å²) in [7, 11) is 0. The smallest absolute Gasteiger partial charge is 0.149 e. The second kappa shape index (κ2) is 6.68. The van der Waals surface area contributed by atoms with Gasteiger partial charge < -0.3 is 15.2 Å². The molecule has 2 heterocycles. The molecule has 1 aliphatic heterocycles. The van der Waals surface area contributed by atoms with Crippen LogP contribution in [0.3, 0.4) is 0 Å². The summed E-state index contributed by atoms with van der Waals surface area (Å²) in [4.78, 5) is 0. The standard InChI is InChI=1S/C15H29N5/c1-12(16-9-10-17-15(2,3)4)14-19-18-13-8-6-5-7-11-20(13)14/h12,16-17H,5-11H2,1-4H3. The van der Waals surface area contributed by atoms with E-state index in [0.29, 0.717) is 0 Å². The molecule has 0 bridgehead atoms. The van der Waals surface area contributed by atoms with E-state index in [-0.39, 0.29) is 11.6 Å². The van der Waals surface area contributed by atoms with Crippen LogP contribution < -0.4 is 10.6 Å². The normalized spacial score (nSPS) is 17.6. The van der Waals surface area contributed by atoms with Gasteiger partial charge in [0.05, 0.1) is 6.04 Å². The molecule has 2 rings (SSSR count). The van der Waals surface area contributed by atoms with Crippen LogP contribution >= 0.6 is 0 Å². The first-order valence-corrected chi connectivity index (χ1v) is 7.88. The monoisotopic (exact) mass is 279 g/mol. The largest absolute Gasteiger partial charge is 0.314 e. The average Bonchev–Trinajstić information content (AvgIpc) is 2.62. The topological polar surface area (TPSA) is 54.8 Å². The highest BCUT2D eigenvalue weighted by molar-refractivity contribution is 5.02. The fourth-order valence-corrected chi connectivity index (χ4v) is 2.65. The van der Waals surface area contributed by atoms with Crippen LogP contribution in [-0.4, -0.2) is 33.4 Å². The van der Waals surface area contributed by atoms with E-state index in [0.717, 1.165) is 31.9 Å². The summed E-state index contributed by atoms with van der Waals surface area (Å²) in [6, 6.07) is 0.260. The Morgan fingerprint density at radius 2 is 1.95 bits per heavy atom. The number of hydrogen-bond donors (Lipinski definition) is 2. The fourth-order valence-electron chi connectivity index (χ4n) is 2.65. The number of hydrogen-bond acceptors (Lipinski definition) is 4. The van der Waals surface area contributed by atoms with Crippen LogP contribution in [0, 0.1) is 0 Å². The van der Waals surface area contributed by atoms with Gasteiger partial charge in [0, 0.05) is 31.6 Å². The van der Waals surface area contributed by atoms with E-state index in [9.17, 15) is 0 Å². The van der Waals surface area contributed by atoms with Gasteiger partial charge in [-0.25, -0.2) is 0 Å². The first kappa shape index (κ1) is 15.4. The highest BCUT2D eigenvalue weighted by atomic mass is 15.3. The molecule has 114 valence electrons. The van der Waals surface area contributed by atoms with Gasteiger partial charge in [-0.2, -0.15) is 0 Å². The summed E-state index contributed by atoms with van der Waals surface area (Å²) in [5, 5.41) is 15.8. The van der Waals surface area contributed by atoms with Gasteiger partial charge in [0.2, 0.25) is 0 Å². The summed E-state index contributed by atoms with van der Waals surface area (Å²) in [6.45, 7) is 11.7. The predicted octanol–water partition coefficient (Wildman–Crippen LogP) is 2.04. The molecule has 1 aliphatic rings. The summed E-state index contributed by atoms with van der Waals surface area (Å²) < 4.78 is 2.32. The maximum atomic E-state index is 4.40. The molecule has 0 radical (unpaired) electrons. The quantitative estimate of drug-likeness (QED) is 0.810. The summed E-state index contributed by atoms with van der Waals surface area (Å²) in [5.74, 6) is 2.26. The van der Waals surface area contributed by atoms with E-state index in [1.165, 1.54) is 25.1 Å². The second-order valence-corrected chi connectivity index (χ2v) is 6.79. The summed E-state index contributed by atoms with van der Waals surface area (Å²) in [5.41, 5.74) is 0.177. The highest BCUT2D eigenvalue weighted by Gasteiger charge is 2.18. The van der Waals surface area contributed by atoms with Crippen molar-refractivity contribution in [1.29, 1.82) is 0 Å². The molecular weight excluding hydrogens is 250 g/mol. The molecule has 0 fully saturated rings. The van der Waals surface area contributed by atoms with Crippen molar-refractivity contribution in [2.75, 3.05) is 13.1 Å². The molecule has 0 aliphatic carbocycles. The van der Waals surface area contributed by atoms with Crippen molar-refractivity contribution in [3.05, 3.63) is 11.6 Å². The number of fused-ring (bicyclic) bond motifs is 1. The maximum absolute atomic E-state index is 4.40. The summed E-state index contributed by atoms with van der Waals surface area (Å²) >= 11 is 0. The first-order valence-electron chi connectivity index (χ1n) is 7.88. The van der Waals surface area contributed by atoms with Crippen molar-refractivity contribution in [3.8, 4) is 0 Å². The molecule has 1 unspecified atom stereocenters. The number of nitrogens with zero attached hydrogens (tertiary/aromatic N) is 3. The second-order valence-electron chi connectivity index (χ2n) is 6.79. The SMILES string of the molecule is CC(NCCNC(C)(C)C)c1nnc2n1CCCCC2. The van der Waals surface area contributed by atoms with Crippen LogP contribution in [0.4, 0.5) is 0 Å². The molecule has 0 saturated heterocycles. The first-order chi connectivity index (χ1) is 9.47. The Bertz CT molecular complexity index is 418. The lowest BCUT2D eigenvalue weighted by molar-refractivity contribution is 0.409. The fraction of sp³-hybridized carbons (Fsp3) is 0.867. The third-order valence-corrected chi connectivity index (χ3v) is 3.76. The minimum atomic E-state index is 0.177. The molecule has 1 aromatic rings. The Hall–Kier alpha value is -0.940. The third kappa shape index (κ3) is 4.28. The Labute approximate surface area is 122 Å². The van der Waals surface area contributed by atoms with Crippen LogP contribution in [0.5, 0.6) is 0 Å². The van der Waals surface area contributed by atoms with Gasteiger partial charge in [-0.05, 0) is 40.5 Å². The Morgan fingerprint density at radius 1 is 1.15 bits per heavy atom. The molecule has 20 heavy (non-hydrogen) atoms. The maximum Gasteiger partial charge on any atom is 0.149 e. The molecule has 0 aromatic carbocycles. The van der Waals surface area contributed by atoms with Gasteiger partial charge in [0.15, 0.2) is 0 Å². The highest BCUT2D eigenvalue weighted by Crippen LogP contribution is 2.18. The molecule has 1 atom stereocenters. The number of nitrogens with one attached hydrogen (secondary N) is 2. The minimum Gasteiger partial charge on any atom is -0.314 e. The zero-order valence-electron chi connectivity index (χ0n) is 13.4. The molecular formula is C15H29N5. The van der Waals surface area contributed by atoms with E-state index in [1.807, 2.05) is 0 Å². The predicted molar refractivity (Wildman–Crippen MR) is 81.8 cm³/mol. The molecule has 0 saturated carbocycles. The van der Waals surface area contributed by atoms with Gasteiger partial charge in [-0.15, -0.1) is 10.2 Å². The minimum absolute atomic E-state index is 0.177. The lowest BCUT2D eigenvalue weighted by Gasteiger charge is -2.21. The van der Waals surface area contributed by atoms with E-state index >= 15 is 0 Å². The molecule has 2 N–H and O–H groups in total. The number of rotatable bonds is 5. The van der Waals surface area contributed by atoms with Gasteiger partial charge in [-0.3, -0.25) is 0 Å². The van der Waals surface area contributed by atoms with Crippen LogP contribution in [0.1, 0.15) is 64.6 Å². The zero-order chi connectivity index (χ0) is 14.6. The van der Waals surface area contributed by atoms with Crippen LogP contribution in [0.2, 0.25) is 0 Å². The van der Waals surface area contributed by atoms with Crippen molar-refractivity contribution in [2.45, 2.75) is 71.5 Å². The van der Waals surface area contributed by atoms with Crippen molar-refractivity contribution >= 4 is 0 Å². The van der Waals surface area contributed by atoms with Crippen LogP contribution in [0.25, 0.3) is 0 Å². The van der Waals surface area contributed by atoms with Gasteiger partial charge in [-0.1, -0.05) is 6.42 Å². The lowest BCUT2D eigenvalue weighted by atomic mass is 10.1. The molecule has 5 heteroatoms. The van der Waals surface area contributed by atoms with E-state index < -0.39 is 0 Å². The van der Waals surface area contributed by atoms with Crippen molar-refractivity contribution in [3.63, 3.8) is 0 Å². The Kier molecular flexibility index (Phi) is 5.16. The summed E-state index contributed by atoms with van der Waals surface area (Å²) in [6.07, 6.45) is 4.87. The molecule has 0 spiro atoms. The van der Waals surface area contributed by atoms with Crippen LogP contribution in [-0.2, 0) is 13.0 Å². The van der Waals surface area contributed by atoms with E-state index in [2.05, 4.69) is 53.1 Å². The Balaban J connectivity index is 1.86. The van der Waals surface area contributed by atoms with E-state index in [4.69, 9.17) is 0 Å². The van der Waals surface area contributed by atoms with Gasteiger partial charge in [0.1, 0.15) is 11.6 Å². The lowest BCUT2D eigenvalue weighted by Crippen LogP contribution is -2.40. The third-order valence-electron chi connectivity index (χ3n) is 3.76. The molecule has 1 aromatic heterocycles. The van der Waals surface area contributed by atoms with Gasteiger partial charge >= 0.3 is 0 Å². The number of aryl methyl sites for hydroxylation is 1. The van der Waals surface area contributed by atoms with Crippen molar-refractivity contribution in [1.82, 2.24) is 25.4 Å². The Morgan fingerprint density at radius 3 is 2.70 bits per heavy atom. The molecule has 0 amide bonds.